The minimum atomic E-state index is -0.580. The van der Waals surface area contributed by atoms with E-state index in [1.807, 2.05) is 0 Å². The first-order valence-corrected chi connectivity index (χ1v) is 28.9. The molecule has 3 heteroatoms. The minimum Gasteiger partial charge on any atom is -0.311 e. The Labute approximate surface area is 487 Å². The first kappa shape index (κ1) is 49.6. The van der Waals surface area contributed by atoms with Gasteiger partial charge in [-0.2, -0.15) is 0 Å². The molecule has 0 aromatic heterocycles. The van der Waals surface area contributed by atoms with Crippen molar-refractivity contribution < 1.29 is 0 Å². The molecule has 13 aromatic carbocycles. The first-order valence-electron chi connectivity index (χ1n) is 28.9. The van der Waals surface area contributed by atoms with Crippen LogP contribution < -0.4 is 26.2 Å². The molecular formula is C80H57BN2. The highest BCUT2D eigenvalue weighted by Crippen LogP contribution is 2.50. The summed E-state index contributed by atoms with van der Waals surface area (Å²) >= 11 is 0. The summed E-state index contributed by atoms with van der Waals surface area (Å²) in [6, 6.07) is 128. The lowest BCUT2D eigenvalue weighted by molar-refractivity contribution is 0.745. The Hall–Kier alpha value is -10.5. The summed E-state index contributed by atoms with van der Waals surface area (Å²) in [7, 11) is 0. The molecule has 13 aromatic rings. The van der Waals surface area contributed by atoms with Crippen LogP contribution >= 0.6 is 0 Å². The van der Waals surface area contributed by atoms with E-state index >= 15 is 0 Å². The molecule has 2 aliphatic heterocycles. The molecule has 0 amide bonds. The van der Waals surface area contributed by atoms with Crippen LogP contribution in [0.4, 0.5) is 34.1 Å². The molecule has 0 saturated carbocycles. The van der Waals surface area contributed by atoms with Crippen LogP contribution in [0.25, 0.3) is 22.3 Å². The fourth-order valence-electron chi connectivity index (χ4n) is 14.0. The fourth-order valence-corrected chi connectivity index (χ4v) is 14.0. The summed E-state index contributed by atoms with van der Waals surface area (Å²) in [5, 5.41) is 0. The molecule has 0 bridgehead atoms. The van der Waals surface area contributed by atoms with Gasteiger partial charge in [-0.15, -0.1) is 0 Å². The quantitative estimate of drug-likeness (QED) is 0.0889. The number of fused-ring (bicyclic) bond motifs is 4. The predicted octanol–water partition coefficient (Wildman–Crippen LogP) is 17.9. The Balaban J connectivity index is 0.951. The first-order chi connectivity index (χ1) is 41.2. The molecule has 83 heavy (non-hydrogen) atoms. The normalized spacial score (nSPS) is 12.5. The van der Waals surface area contributed by atoms with Crippen molar-refractivity contribution in [3.63, 3.8) is 0 Å². The lowest BCUT2D eigenvalue weighted by Crippen LogP contribution is -2.61. The van der Waals surface area contributed by atoms with Crippen LogP contribution in [0.5, 0.6) is 0 Å². The topological polar surface area (TPSA) is 6.48 Å². The summed E-state index contributed by atoms with van der Waals surface area (Å²) < 4.78 is 0. The summed E-state index contributed by atoms with van der Waals surface area (Å²) in [4.78, 5) is 5.05. The van der Waals surface area contributed by atoms with E-state index in [1.54, 1.807) is 0 Å². The maximum absolute atomic E-state index is 2.53. The van der Waals surface area contributed by atoms with E-state index in [1.165, 1.54) is 94.5 Å². The van der Waals surface area contributed by atoms with Gasteiger partial charge >= 0.3 is 0 Å². The third-order valence-corrected chi connectivity index (χ3v) is 17.6. The molecule has 0 N–H and O–H groups in total. The zero-order chi connectivity index (χ0) is 55.2. The molecule has 15 rings (SSSR count). The fraction of sp³-hybridized carbons (Fsp3) is 0.0250. The van der Waals surface area contributed by atoms with Gasteiger partial charge in [0.25, 0.3) is 6.71 Å². The smallest absolute Gasteiger partial charge is 0.252 e. The Morgan fingerprint density at radius 3 is 0.759 bits per heavy atom. The van der Waals surface area contributed by atoms with Gasteiger partial charge in [0.2, 0.25) is 0 Å². The van der Waals surface area contributed by atoms with Gasteiger partial charge in [-0.3, -0.25) is 0 Å². The number of benzene rings is 13. The summed E-state index contributed by atoms with van der Waals surface area (Å²) in [6.07, 6.45) is 0. The number of hydrogen-bond donors (Lipinski definition) is 0. The summed E-state index contributed by atoms with van der Waals surface area (Å²) in [5.74, 6) is 0. The zero-order valence-electron chi connectivity index (χ0n) is 45.9. The monoisotopic (exact) mass is 1060 g/mol. The van der Waals surface area contributed by atoms with E-state index in [0.717, 1.165) is 22.7 Å². The number of nitrogens with zero attached hydrogens (tertiary/aromatic N) is 2. The van der Waals surface area contributed by atoms with Gasteiger partial charge in [0, 0.05) is 34.1 Å². The van der Waals surface area contributed by atoms with Crippen molar-refractivity contribution >= 4 is 57.2 Å². The lowest BCUT2D eigenvalue weighted by atomic mass is 9.33. The highest BCUT2D eigenvalue weighted by Gasteiger charge is 2.45. The average Bonchev–Trinajstić information content (AvgIpc) is 3.27. The highest BCUT2D eigenvalue weighted by molar-refractivity contribution is 7.00. The molecule has 0 fully saturated rings. The molecule has 0 atom stereocenters. The summed E-state index contributed by atoms with van der Waals surface area (Å²) in [5.41, 5.74) is 24.0. The van der Waals surface area contributed by atoms with E-state index in [4.69, 9.17) is 0 Å². The van der Waals surface area contributed by atoms with Gasteiger partial charge in [-0.05, 0) is 132 Å². The predicted molar refractivity (Wildman–Crippen MR) is 348 cm³/mol. The second kappa shape index (κ2) is 20.9. The van der Waals surface area contributed by atoms with Gasteiger partial charge in [0.15, 0.2) is 0 Å². The molecule has 2 heterocycles. The van der Waals surface area contributed by atoms with Gasteiger partial charge in [0.1, 0.15) is 0 Å². The molecule has 0 unspecified atom stereocenters. The van der Waals surface area contributed by atoms with Crippen LogP contribution in [0, 0.1) is 0 Å². The third kappa shape index (κ3) is 8.18. The highest BCUT2D eigenvalue weighted by atomic mass is 15.2. The Morgan fingerprint density at radius 2 is 0.470 bits per heavy atom. The average molecular weight is 1060 g/mol. The largest absolute Gasteiger partial charge is 0.311 e. The van der Waals surface area contributed by atoms with Crippen molar-refractivity contribution in [2.45, 2.75) is 10.8 Å². The second-order valence-electron chi connectivity index (χ2n) is 21.9. The molecule has 390 valence electrons. The van der Waals surface area contributed by atoms with Crippen molar-refractivity contribution in [2.24, 2.45) is 0 Å². The number of hydrogen-bond acceptors (Lipinski definition) is 2. The van der Waals surface area contributed by atoms with E-state index in [-0.39, 0.29) is 6.71 Å². The lowest BCUT2D eigenvalue weighted by Gasteiger charge is -2.44. The van der Waals surface area contributed by atoms with Crippen LogP contribution in [-0.2, 0) is 10.8 Å². The van der Waals surface area contributed by atoms with E-state index < -0.39 is 10.8 Å². The van der Waals surface area contributed by atoms with Crippen LogP contribution in [0.15, 0.2) is 346 Å². The molecular weight excluding hydrogens is 1000 g/mol. The molecule has 0 saturated heterocycles. The van der Waals surface area contributed by atoms with Gasteiger partial charge in [0.05, 0.1) is 10.8 Å². The van der Waals surface area contributed by atoms with Crippen molar-refractivity contribution in [1.82, 2.24) is 0 Å². The van der Waals surface area contributed by atoms with Gasteiger partial charge in [-0.25, -0.2) is 0 Å². The van der Waals surface area contributed by atoms with Crippen LogP contribution in [0.3, 0.4) is 0 Å². The molecule has 0 spiro atoms. The summed E-state index contributed by atoms with van der Waals surface area (Å²) in [6.45, 7) is -0.0895. The third-order valence-electron chi connectivity index (χ3n) is 17.6. The van der Waals surface area contributed by atoms with Gasteiger partial charge in [-0.1, -0.05) is 297 Å². The van der Waals surface area contributed by atoms with E-state index in [2.05, 4.69) is 356 Å². The van der Waals surface area contributed by atoms with Crippen molar-refractivity contribution in [3.8, 4) is 22.3 Å². The zero-order valence-corrected chi connectivity index (χ0v) is 45.9. The van der Waals surface area contributed by atoms with Crippen LogP contribution in [-0.4, -0.2) is 6.71 Å². The van der Waals surface area contributed by atoms with Crippen LogP contribution in [0.2, 0.25) is 0 Å². The SMILES string of the molecule is c1ccc(-c2ccc3c(c2)B2c4cc(-c5ccccc5)ccc4N(c4ccc(C(c5ccccc5)(c5ccccc5)c5ccccc5)cc4)c4cccc(c42)N3c2ccc(C(c3ccccc3)(c3ccccc3)c3ccccc3)cc2)cc1. The Kier molecular flexibility index (Phi) is 12.5. The van der Waals surface area contributed by atoms with E-state index in [9.17, 15) is 0 Å². The standard InChI is InChI=1S/C80H57BN2/c1-9-26-58(27-10-1)60-44-54-74-72(56-60)81-73-57-61(59-28-11-2-12-29-59)45-55-75(73)83(71-52-48-69(49-53-71)80(65-36-19-6-20-37-65,66-38-21-7-22-39-66)67-40-23-8-24-41-67)77-43-25-42-76(78(77)81)82(74)70-50-46-68(47-51-70)79(62-30-13-3-14-31-62,63-32-15-4-16-33-63)64-34-17-5-18-35-64/h1-57H. The maximum atomic E-state index is 2.53. The Morgan fingerprint density at radius 1 is 0.205 bits per heavy atom. The molecule has 2 nitrogen and oxygen atoms in total. The maximum Gasteiger partial charge on any atom is 0.252 e. The van der Waals surface area contributed by atoms with Crippen molar-refractivity contribution in [1.29, 1.82) is 0 Å². The number of anilines is 6. The van der Waals surface area contributed by atoms with Crippen molar-refractivity contribution in [3.05, 3.63) is 390 Å². The molecule has 2 aliphatic rings. The minimum absolute atomic E-state index is 0.0895. The molecule has 0 radical (unpaired) electrons. The van der Waals surface area contributed by atoms with Gasteiger partial charge < -0.3 is 9.80 Å². The van der Waals surface area contributed by atoms with E-state index in [0.29, 0.717) is 0 Å². The number of rotatable bonds is 12. The Bertz CT molecular complexity index is 3910. The van der Waals surface area contributed by atoms with Crippen LogP contribution in [0.1, 0.15) is 44.5 Å². The van der Waals surface area contributed by atoms with Crippen molar-refractivity contribution in [2.75, 3.05) is 9.80 Å². The molecule has 0 aliphatic carbocycles. The second-order valence-corrected chi connectivity index (χ2v) is 21.9.